The molecule has 0 spiro atoms. The van der Waals surface area contributed by atoms with Gasteiger partial charge in [-0.1, -0.05) is 121 Å². The Morgan fingerprint density at radius 2 is 1.03 bits per heavy atom. The number of carbonyl (C=O) groups excluding carboxylic acids is 1. The fraction of sp³-hybridized carbons (Fsp3) is 0.133. The summed E-state index contributed by atoms with van der Waals surface area (Å²) in [4.78, 5) is 22.9. The highest BCUT2D eigenvalue weighted by atomic mass is 16.5. The highest BCUT2D eigenvalue weighted by Crippen LogP contribution is 2.24. The molecule has 4 aromatic rings. The molecule has 0 amide bonds. The maximum absolute atomic E-state index is 11.6. The first-order chi connectivity index (χ1) is 16.6. The number of ether oxygens (including phenoxy) is 1. The van der Waals surface area contributed by atoms with Crippen molar-refractivity contribution in [3.8, 4) is 0 Å². The van der Waals surface area contributed by atoms with E-state index < -0.39 is 11.9 Å². The molecule has 0 aliphatic heterocycles. The van der Waals surface area contributed by atoms with E-state index in [0.29, 0.717) is 13.0 Å². The van der Waals surface area contributed by atoms with Gasteiger partial charge in [0, 0.05) is 6.42 Å². The predicted octanol–water partition coefficient (Wildman–Crippen LogP) is 5.92. The van der Waals surface area contributed by atoms with Gasteiger partial charge in [0.05, 0.1) is 13.0 Å². The van der Waals surface area contributed by atoms with Crippen LogP contribution in [0.3, 0.4) is 0 Å². The zero-order valence-corrected chi connectivity index (χ0v) is 18.9. The van der Waals surface area contributed by atoms with E-state index >= 15 is 0 Å². The number of carboxylic acids is 1. The molecule has 0 radical (unpaired) electrons. The molecule has 0 aromatic heterocycles. The minimum absolute atomic E-state index is 0.169. The van der Waals surface area contributed by atoms with Gasteiger partial charge in [-0.2, -0.15) is 0 Å². The van der Waals surface area contributed by atoms with Crippen LogP contribution in [-0.2, 0) is 27.2 Å². The van der Waals surface area contributed by atoms with Gasteiger partial charge in [-0.3, -0.25) is 9.59 Å². The maximum atomic E-state index is 11.6. The SMILES string of the molecule is O=C(Cc1ccccc1)OCCc1ccccc1.O=C(O)C(c1ccccc1)c1ccccc1. The number of carboxylic acid groups (broad SMARTS) is 1. The molecule has 0 bridgehead atoms. The molecule has 4 heteroatoms. The van der Waals surface area contributed by atoms with Gasteiger partial charge in [0.2, 0.25) is 0 Å². The molecule has 0 aliphatic carbocycles. The number of esters is 1. The molecule has 0 aliphatic rings. The molecule has 0 heterocycles. The summed E-state index contributed by atoms with van der Waals surface area (Å²) in [5, 5.41) is 9.28. The van der Waals surface area contributed by atoms with Crippen molar-refractivity contribution in [1.29, 1.82) is 0 Å². The van der Waals surface area contributed by atoms with E-state index in [0.717, 1.165) is 23.1 Å². The second-order valence-electron chi connectivity index (χ2n) is 7.71. The summed E-state index contributed by atoms with van der Waals surface area (Å²) in [6.07, 6.45) is 1.11. The standard InChI is InChI=1S/C16H16O2.C14H12O2/c17-16(13-15-9-5-2-6-10-15)18-12-11-14-7-3-1-4-8-14;15-14(16)13(11-7-3-1-4-8-11)12-9-5-2-6-10-12/h1-10H,11-13H2;1-10,13H,(H,15,16). The van der Waals surface area contributed by atoms with Crippen LogP contribution in [0.4, 0.5) is 0 Å². The monoisotopic (exact) mass is 452 g/mol. The Hall–Kier alpha value is -4.18. The van der Waals surface area contributed by atoms with Gasteiger partial charge < -0.3 is 9.84 Å². The zero-order valence-electron chi connectivity index (χ0n) is 18.9. The average molecular weight is 453 g/mol. The largest absolute Gasteiger partial charge is 0.481 e. The highest BCUT2D eigenvalue weighted by molar-refractivity contribution is 5.80. The molecule has 0 saturated heterocycles. The Kier molecular flexibility index (Phi) is 9.63. The van der Waals surface area contributed by atoms with Gasteiger partial charge in [0.1, 0.15) is 5.92 Å². The van der Waals surface area contributed by atoms with Gasteiger partial charge in [-0.25, -0.2) is 0 Å². The van der Waals surface area contributed by atoms with Gasteiger partial charge in [0.25, 0.3) is 0 Å². The van der Waals surface area contributed by atoms with E-state index in [1.165, 1.54) is 5.56 Å². The number of carbonyl (C=O) groups is 2. The van der Waals surface area contributed by atoms with Crippen LogP contribution in [0, 0.1) is 0 Å². The van der Waals surface area contributed by atoms with Crippen LogP contribution in [0.2, 0.25) is 0 Å². The first-order valence-electron chi connectivity index (χ1n) is 11.2. The van der Waals surface area contributed by atoms with Crippen LogP contribution in [0.1, 0.15) is 28.2 Å². The highest BCUT2D eigenvalue weighted by Gasteiger charge is 2.21. The fourth-order valence-corrected chi connectivity index (χ4v) is 3.51. The molecule has 0 atom stereocenters. The van der Waals surface area contributed by atoms with E-state index in [9.17, 15) is 14.7 Å². The lowest BCUT2D eigenvalue weighted by Crippen LogP contribution is -2.12. The van der Waals surface area contributed by atoms with Gasteiger partial charge in [-0.15, -0.1) is 0 Å². The normalized spacial score (nSPS) is 10.1. The quantitative estimate of drug-likeness (QED) is 0.337. The predicted molar refractivity (Wildman–Crippen MR) is 134 cm³/mol. The minimum atomic E-state index is -0.822. The molecular weight excluding hydrogens is 424 g/mol. The maximum Gasteiger partial charge on any atom is 0.315 e. The Morgan fingerprint density at radius 3 is 1.47 bits per heavy atom. The molecule has 4 nitrogen and oxygen atoms in total. The second-order valence-corrected chi connectivity index (χ2v) is 7.71. The molecule has 172 valence electrons. The third-order valence-corrected chi connectivity index (χ3v) is 5.20. The third-order valence-electron chi connectivity index (χ3n) is 5.20. The lowest BCUT2D eigenvalue weighted by atomic mass is 9.92. The molecule has 4 aromatic carbocycles. The van der Waals surface area contributed by atoms with Gasteiger partial charge in [-0.05, 0) is 22.3 Å². The molecule has 4 rings (SSSR count). The number of aliphatic carboxylic acids is 1. The van der Waals surface area contributed by atoms with Crippen LogP contribution in [0.5, 0.6) is 0 Å². The minimum Gasteiger partial charge on any atom is -0.481 e. The molecule has 1 N–H and O–H groups in total. The summed E-state index contributed by atoms with van der Waals surface area (Å²) in [5.41, 5.74) is 3.79. The van der Waals surface area contributed by atoms with Crippen molar-refractivity contribution in [3.63, 3.8) is 0 Å². The van der Waals surface area contributed by atoms with Crippen molar-refractivity contribution >= 4 is 11.9 Å². The number of hydrogen-bond donors (Lipinski definition) is 1. The molecule has 0 unspecified atom stereocenters. The van der Waals surface area contributed by atoms with Crippen molar-refractivity contribution < 1.29 is 19.4 Å². The fourth-order valence-electron chi connectivity index (χ4n) is 3.51. The van der Waals surface area contributed by atoms with Crippen molar-refractivity contribution in [3.05, 3.63) is 144 Å². The van der Waals surface area contributed by atoms with E-state index in [1.54, 1.807) is 0 Å². The lowest BCUT2D eigenvalue weighted by Gasteiger charge is -2.12. The summed E-state index contributed by atoms with van der Waals surface area (Å²) in [6, 6.07) is 38.2. The summed E-state index contributed by atoms with van der Waals surface area (Å²) in [5.74, 6) is -1.57. The average Bonchev–Trinajstić information content (AvgIpc) is 2.87. The lowest BCUT2D eigenvalue weighted by molar-refractivity contribution is -0.142. The Morgan fingerprint density at radius 1 is 0.618 bits per heavy atom. The number of benzene rings is 4. The first kappa shape index (κ1) is 24.5. The summed E-state index contributed by atoms with van der Waals surface area (Å²) in [6.45, 7) is 0.440. The third kappa shape index (κ3) is 8.06. The van der Waals surface area contributed by atoms with Crippen molar-refractivity contribution in [2.75, 3.05) is 6.61 Å². The van der Waals surface area contributed by atoms with Gasteiger partial charge in [0.15, 0.2) is 0 Å². The smallest absolute Gasteiger partial charge is 0.315 e. The Labute approximate surface area is 200 Å². The Balaban J connectivity index is 0.000000192. The van der Waals surface area contributed by atoms with Crippen molar-refractivity contribution in [2.45, 2.75) is 18.8 Å². The molecule has 0 saturated carbocycles. The van der Waals surface area contributed by atoms with E-state index in [1.807, 2.05) is 121 Å². The molecular formula is C30H28O4. The van der Waals surface area contributed by atoms with E-state index in [-0.39, 0.29) is 5.97 Å². The van der Waals surface area contributed by atoms with Crippen LogP contribution >= 0.6 is 0 Å². The summed E-state index contributed by atoms with van der Waals surface area (Å²) >= 11 is 0. The topological polar surface area (TPSA) is 63.6 Å². The first-order valence-corrected chi connectivity index (χ1v) is 11.2. The Bertz CT molecular complexity index is 1090. The van der Waals surface area contributed by atoms with Crippen molar-refractivity contribution in [1.82, 2.24) is 0 Å². The molecule has 34 heavy (non-hydrogen) atoms. The number of rotatable bonds is 8. The summed E-state index contributed by atoms with van der Waals surface area (Å²) < 4.78 is 5.21. The number of hydrogen-bond acceptors (Lipinski definition) is 3. The van der Waals surface area contributed by atoms with Crippen LogP contribution in [0.25, 0.3) is 0 Å². The van der Waals surface area contributed by atoms with Gasteiger partial charge >= 0.3 is 11.9 Å². The second kappa shape index (κ2) is 13.4. The van der Waals surface area contributed by atoms with Crippen LogP contribution in [-0.4, -0.2) is 23.7 Å². The van der Waals surface area contributed by atoms with E-state index in [2.05, 4.69) is 0 Å². The summed E-state index contributed by atoms with van der Waals surface area (Å²) in [7, 11) is 0. The van der Waals surface area contributed by atoms with Crippen molar-refractivity contribution in [2.24, 2.45) is 0 Å². The van der Waals surface area contributed by atoms with Crippen LogP contribution in [0.15, 0.2) is 121 Å². The van der Waals surface area contributed by atoms with Crippen LogP contribution < -0.4 is 0 Å². The molecule has 0 fully saturated rings. The van der Waals surface area contributed by atoms with E-state index in [4.69, 9.17) is 4.74 Å². The zero-order chi connectivity index (χ0) is 24.0.